The van der Waals surface area contributed by atoms with Crippen molar-refractivity contribution in [1.29, 1.82) is 0 Å². The standard InChI is InChI=1S/C14H15N3O2/c1-19-13-8-11(6-7-12(13)16)17-14(18)9-2-4-10(15)5-3-9/h2-8H,15-16H2,1H3,(H,17,18). The van der Waals surface area contributed by atoms with Crippen molar-refractivity contribution in [2.75, 3.05) is 23.9 Å². The van der Waals surface area contributed by atoms with E-state index in [1.165, 1.54) is 7.11 Å². The van der Waals surface area contributed by atoms with Crippen LogP contribution in [0.1, 0.15) is 10.4 Å². The number of methoxy groups -OCH3 is 1. The monoisotopic (exact) mass is 257 g/mol. The molecule has 0 atom stereocenters. The molecule has 0 aliphatic rings. The zero-order valence-corrected chi connectivity index (χ0v) is 10.5. The van der Waals surface area contributed by atoms with E-state index in [0.717, 1.165) is 0 Å². The Morgan fingerprint density at radius 2 is 1.79 bits per heavy atom. The van der Waals surface area contributed by atoms with Gasteiger partial charge in [0.05, 0.1) is 12.8 Å². The van der Waals surface area contributed by atoms with Crippen LogP contribution < -0.4 is 21.5 Å². The molecule has 0 spiro atoms. The Kier molecular flexibility index (Phi) is 3.56. The molecule has 5 heteroatoms. The number of benzene rings is 2. The highest BCUT2D eigenvalue weighted by molar-refractivity contribution is 6.04. The van der Waals surface area contributed by atoms with Gasteiger partial charge in [0.1, 0.15) is 5.75 Å². The summed E-state index contributed by atoms with van der Waals surface area (Å²) in [5.74, 6) is 0.307. The largest absolute Gasteiger partial charge is 0.495 e. The summed E-state index contributed by atoms with van der Waals surface area (Å²) >= 11 is 0. The third-order valence-electron chi connectivity index (χ3n) is 2.66. The first-order chi connectivity index (χ1) is 9.10. The zero-order chi connectivity index (χ0) is 13.8. The van der Waals surface area contributed by atoms with Gasteiger partial charge in [-0.3, -0.25) is 4.79 Å². The summed E-state index contributed by atoms with van der Waals surface area (Å²) in [5, 5.41) is 2.76. The number of nitrogens with two attached hydrogens (primary N) is 2. The minimum Gasteiger partial charge on any atom is -0.495 e. The van der Waals surface area contributed by atoms with Gasteiger partial charge in [-0.25, -0.2) is 0 Å². The quantitative estimate of drug-likeness (QED) is 0.734. The molecule has 0 aromatic heterocycles. The number of nitrogen functional groups attached to an aromatic ring is 2. The Morgan fingerprint density at radius 1 is 1.11 bits per heavy atom. The van der Waals surface area contributed by atoms with E-state index in [0.29, 0.717) is 28.4 Å². The lowest BCUT2D eigenvalue weighted by atomic mass is 10.2. The maximum absolute atomic E-state index is 12.0. The normalized spacial score (nSPS) is 9.95. The van der Waals surface area contributed by atoms with Gasteiger partial charge >= 0.3 is 0 Å². The fraction of sp³-hybridized carbons (Fsp3) is 0.0714. The Labute approximate surface area is 111 Å². The molecule has 0 radical (unpaired) electrons. The van der Waals surface area contributed by atoms with Crippen LogP contribution in [0.5, 0.6) is 5.75 Å². The van der Waals surface area contributed by atoms with Gasteiger partial charge in [0.15, 0.2) is 0 Å². The molecule has 0 saturated heterocycles. The molecule has 98 valence electrons. The van der Waals surface area contributed by atoms with Crippen LogP contribution in [0, 0.1) is 0 Å². The van der Waals surface area contributed by atoms with Crippen molar-refractivity contribution in [2.45, 2.75) is 0 Å². The third-order valence-corrected chi connectivity index (χ3v) is 2.66. The van der Waals surface area contributed by atoms with Crippen molar-refractivity contribution in [3.63, 3.8) is 0 Å². The maximum atomic E-state index is 12.0. The summed E-state index contributed by atoms with van der Waals surface area (Å²) in [4.78, 5) is 12.0. The Balaban J connectivity index is 2.17. The third kappa shape index (κ3) is 2.95. The SMILES string of the molecule is COc1cc(NC(=O)c2ccc(N)cc2)ccc1N. The summed E-state index contributed by atoms with van der Waals surface area (Å²) in [6, 6.07) is 11.8. The predicted molar refractivity (Wildman–Crippen MR) is 76.2 cm³/mol. The molecule has 0 aliphatic carbocycles. The molecular weight excluding hydrogens is 242 g/mol. The van der Waals surface area contributed by atoms with Crippen LogP contribution in [0.2, 0.25) is 0 Å². The van der Waals surface area contributed by atoms with E-state index in [2.05, 4.69) is 5.32 Å². The zero-order valence-electron chi connectivity index (χ0n) is 10.5. The fourth-order valence-electron chi connectivity index (χ4n) is 1.63. The molecule has 0 fully saturated rings. The van der Waals surface area contributed by atoms with Crippen molar-refractivity contribution in [3.05, 3.63) is 48.0 Å². The predicted octanol–water partition coefficient (Wildman–Crippen LogP) is 2.11. The van der Waals surface area contributed by atoms with E-state index in [1.54, 1.807) is 42.5 Å². The summed E-state index contributed by atoms with van der Waals surface area (Å²) in [7, 11) is 1.53. The molecule has 0 saturated carbocycles. The minimum absolute atomic E-state index is 0.216. The van der Waals surface area contributed by atoms with Gasteiger partial charge in [0, 0.05) is 23.0 Å². The summed E-state index contributed by atoms with van der Waals surface area (Å²) in [6.07, 6.45) is 0. The number of carbonyl (C=O) groups excluding carboxylic acids is 1. The molecule has 0 unspecified atom stereocenters. The van der Waals surface area contributed by atoms with Crippen LogP contribution in [0.4, 0.5) is 17.1 Å². The van der Waals surface area contributed by atoms with Gasteiger partial charge in [-0.15, -0.1) is 0 Å². The van der Waals surface area contributed by atoms with E-state index in [4.69, 9.17) is 16.2 Å². The topological polar surface area (TPSA) is 90.4 Å². The number of ether oxygens (including phenoxy) is 1. The fourth-order valence-corrected chi connectivity index (χ4v) is 1.63. The molecule has 2 rings (SSSR count). The highest BCUT2D eigenvalue weighted by Crippen LogP contribution is 2.25. The van der Waals surface area contributed by atoms with Crippen molar-refractivity contribution in [1.82, 2.24) is 0 Å². The number of hydrogen-bond donors (Lipinski definition) is 3. The molecule has 0 heterocycles. The summed E-state index contributed by atoms with van der Waals surface area (Å²) in [6.45, 7) is 0. The van der Waals surface area contributed by atoms with Crippen LogP contribution in [-0.2, 0) is 0 Å². The van der Waals surface area contributed by atoms with E-state index >= 15 is 0 Å². The van der Waals surface area contributed by atoms with Gasteiger partial charge in [0.2, 0.25) is 0 Å². The van der Waals surface area contributed by atoms with Gasteiger partial charge in [-0.2, -0.15) is 0 Å². The van der Waals surface area contributed by atoms with E-state index < -0.39 is 0 Å². The Bertz CT molecular complexity index is 594. The van der Waals surface area contributed by atoms with Crippen LogP contribution in [0.15, 0.2) is 42.5 Å². The average molecular weight is 257 g/mol. The molecule has 2 aromatic rings. The highest BCUT2D eigenvalue weighted by Gasteiger charge is 2.07. The van der Waals surface area contributed by atoms with Crippen LogP contribution in [0.3, 0.4) is 0 Å². The first-order valence-electron chi connectivity index (χ1n) is 5.70. The lowest BCUT2D eigenvalue weighted by molar-refractivity contribution is 0.102. The second-order valence-corrected chi connectivity index (χ2v) is 4.03. The average Bonchev–Trinajstić information content (AvgIpc) is 2.41. The summed E-state index contributed by atoms with van der Waals surface area (Å²) in [5.41, 5.74) is 13.6. The molecule has 5 N–H and O–H groups in total. The maximum Gasteiger partial charge on any atom is 0.255 e. The van der Waals surface area contributed by atoms with Gasteiger partial charge in [-0.05, 0) is 36.4 Å². The highest BCUT2D eigenvalue weighted by atomic mass is 16.5. The Hall–Kier alpha value is -2.69. The molecule has 2 aromatic carbocycles. The van der Waals surface area contributed by atoms with Gasteiger partial charge in [0.25, 0.3) is 5.91 Å². The molecule has 5 nitrogen and oxygen atoms in total. The number of rotatable bonds is 3. The number of hydrogen-bond acceptors (Lipinski definition) is 4. The van der Waals surface area contributed by atoms with Crippen molar-refractivity contribution in [3.8, 4) is 5.75 Å². The molecule has 1 amide bonds. The van der Waals surface area contributed by atoms with E-state index in [1.807, 2.05) is 0 Å². The second kappa shape index (κ2) is 5.30. The number of amides is 1. The first kappa shape index (κ1) is 12.8. The molecule has 0 bridgehead atoms. The minimum atomic E-state index is -0.216. The van der Waals surface area contributed by atoms with Crippen molar-refractivity contribution >= 4 is 23.0 Å². The van der Waals surface area contributed by atoms with Crippen LogP contribution >= 0.6 is 0 Å². The van der Waals surface area contributed by atoms with Gasteiger partial charge in [-0.1, -0.05) is 0 Å². The first-order valence-corrected chi connectivity index (χ1v) is 5.70. The molecule has 0 aliphatic heterocycles. The lowest BCUT2D eigenvalue weighted by Gasteiger charge is -2.09. The number of anilines is 3. The second-order valence-electron chi connectivity index (χ2n) is 4.03. The molecular formula is C14H15N3O2. The van der Waals surface area contributed by atoms with E-state index in [-0.39, 0.29) is 5.91 Å². The number of nitrogens with one attached hydrogen (secondary N) is 1. The molecule has 19 heavy (non-hydrogen) atoms. The van der Waals surface area contributed by atoms with Crippen molar-refractivity contribution in [2.24, 2.45) is 0 Å². The van der Waals surface area contributed by atoms with E-state index in [9.17, 15) is 4.79 Å². The van der Waals surface area contributed by atoms with Crippen molar-refractivity contribution < 1.29 is 9.53 Å². The number of carbonyl (C=O) groups is 1. The Morgan fingerprint density at radius 3 is 2.42 bits per heavy atom. The smallest absolute Gasteiger partial charge is 0.255 e. The lowest BCUT2D eigenvalue weighted by Crippen LogP contribution is -2.12. The van der Waals surface area contributed by atoms with Gasteiger partial charge < -0.3 is 21.5 Å². The van der Waals surface area contributed by atoms with Crippen LogP contribution in [0.25, 0.3) is 0 Å². The van der Waals surface area contributed by atoms with Crippen LogP contribution in [-0.4, -0.2) is 13.0 Å². The summed E-state index contributed by atoms with van der Waals surface area (Å²) < 4.78 is 5.10.